The first-order valence-electron chi connectivity index (χ1n) is 7.14. The largest absolute Gasteiger partial charge is 0.317 e. The second-order valence-electron chi connectivity index (χ2n) is 5.95. The molecule has 1 saturated heterocycles. The van der Waals surface area contributed by atoms with Crippen molar-refractivity contribution in [2.45, 2.75) is 45.2 Å². The van der Waals surface area contributed by atoms with Crippen LogP contribution in [-0.4, -0.2) is 30.1 Å². The normalized spacial score (nSPS) is 23.1. The van der Waals surface area contributed by atoms with Crippen LogP contribution in [0.5, 0.6) is 0 Å². The number of benzene rings is 1. The van der Waals surface area contributed by atoms with E-state index in [9.17, 15) is 0 Å². The van der Waals surface area contributed by atoms with E-state index in [1.807, 2.05) is 0 Å². The van der Waals surface area contributed by atoms with Crippen molar-refractivity contribution in [3.05, 3.63) is 35.9 Å². The van der Waals surface area contributed by atoms with Crippen molar-refractivity contribution in [2.75, 3.05) is 19.6 Å². The van der Waals surface area contributed by atoms with E-state index < -0.39 is 0 Å². The number of nitrogens with one attached hydrogen (secondary N) is 1. The van der Waals surface area contributed by atoms with Crippen LogP contribution in [-0.2, 0) is 0 Å². The molecule has 1 aliphatic heterocycles. The second kappa shape index (κ2) is 5.85. The van der Waals surface area contributed by atoms with Gasteiger partial charge in [-0.1, -0.05) is 30.3 Å². The van der Waals surface area contributed by atoms with Gasteiger partial charge in [-0.05, 0) is 52.3 Å². The standard InChI is InChI=1S/C16H26N2/c1-14(15-8-5-4-6-9-15)18-13-7-11-17-12-10-16(18,2)3/h4-6,8-9,14,17H,7,10-13H2,1-3H3. The predicted molar refractivity (Wildman–Crippen MR) is 77.7 cm³/mol. The van der Waals surface area contributed by atoms with E-state index in [2.05, 4.69) is 61.3 Å². The molecule has 0 amide bonds. The summed E-state index contributed by atoms with van der Waals surface area (Å²) in [4.78, 5) is 2.67. The first kappa shape index (κ1) is 13.6. The fraction of sp³-hybridized carbons (Fsp3) is 0.625. The Kier molecular flexibility index (Phi) is 4.41. The summed E-state index contributed by atoms with van der Waals surface area (Å²) in [5.74, 6) is 0. The van der Waals surface area contributed by atoms with Crippen molar-refractivity contribution in [2.24, 2.45) is 0 Å². The van der Waals surface area contributed by atoms with Gasteiger partial charge in [-0.3, -0.25) is 4.90 Å². The number of hydrogen-bond donors (Lipinski definition) is 1. The molecule has 2 rings (SSSR count). The van der Waals surface area contributed by atoms with Crippen molar-refractivity contribution >= 4 is 0 Å². The molecule has 0 bridgehead atoms. The molecule has 1 aromatic rings. The van der Waals surface area contributed by atoms with Crippen LogP contribution in [0, 0.1) is 0 Å². The van der Waals surface area contributed by atoms with Crippen molar-refractivity contribution in [1.82, 2.24) is 10.2 Å². The highest BCUT2D eigenvalue weighted by Gasteiger charge is 2.31. The van der Waals surface area contributed by atoms with Crippen LogP contribution in [0.2, 0.25) is 0 Å². The van der Waals surface area contributed by atoms with Crippen LogP contribution in [0.1, 0.15) is 45.2 Å². The highest BCUT2D eigenvalue weighted by Crippen LogP contribution is 2.30. The molecule has 1 N–H and O–H groups in total. The van der Waals surface area contributed by atoms with E-state index in [0.29, 0.717) is 6.04 Å². The van der Waals surface area contributed by atoms with Crippen LogP contribution in [0.25, 0.3) is 0 Å². The monoisotopic (exact) mass is 246 g/mol. The summed E-state index contributed by atoms with van der Waals surface area (Å²) >= 11 is 0. The van der Waals surface area contributed by atoms with Gasteiger partial charge in [-0.15, -0.1) is 0 Å². The Morgan fingerprint density at radius 2 is 1.89 bits per heavy atom. The quantitative estimate of drug-likeness (QED) is 0.862. The lowest BCUT2D eigenvalue weighted by molar-refractivity contribution is 0.0605. The molecule has 1 fully saturated rings. The molecule has 2 heteroatoms. The molecule has 0 spiro atoms. The molecular formula is C16H26N2. The zero-order chi connectivity index (χ0) is 13.0. The molecule has 1 aliphatic rings. The Bertz CT molecular complexity index is 359. The Labute approximate surface area is 111 Å². The number of rotatable bonds is 2. The molecule has 1 atom stereocenters. The van der Waals surface area contributed by atoms with E-state index in [1.165, 1.54) is 24.9 Å². The third kappa shape index (κ3) is 3.12. The second-order valence-corrected chi connectivity index (χ2v) is 5.95. The SMILES string of the molecule is CC(c1ccccc1)N1CCCNCCC1(C)C. The lowest BCUT2D eigenvalue weighted by atomic mass is 9.92. The number of nitrogens with zero attached hydrogens (tertiary/aromatic N) is 1. The van der Waals surface area contributed by atoms with E-state index in [-0.39, 0.29) is 5.54 Å². The van der Waals surface area contributed by atoms with E-state index in [1.54, 1.807) is 0 Å². The number of hydrogen-bond acceptors (Lipinski definition) is 2. The van der Waals surface area contributed by atoms with E-state index >= 15 is 0 Å². The topological polar surface area (TPSA) is 15.3 Å². The first-order valence-corrected chi connectivity index (χ1v) is 7.14. The minimum Gasteiger partial charge on any atom is -0.317 e. The van der Waals surface area contributed by atoms with Gasteiger partial charge in [-0.2, -0.15) is 0 Å². The molecule has 1 unspecified atom stereocenters. The summed E-state index contributed by atoms with van der Waals surface area (Å²) in [5, 5.41) is 3.52. The maximum atomic E-state index is 3.52. The Morgan fingerprint density at radius 1 is 1.17 bits per heavy atom. The van der Waals surface area contributed by atoms with E-state index in [4.69, 9.17) is 0 Å². The average molecular weight is 246 g/mol. The van der Waals surface area contributed by atoms with Gasteiger partial charge < -0.3 is 5.32 Å². The highest BCUT2D eigenvalue weighted by molar-refractivity contribution is 5.19. The fourth-order valence-corrected chi connectivity index (χ4v) is 2.97. The van der Waals surface area contributed by atoms with E-state index in [0.717, 1.165) is 13.1 Å². The van der Waals surface area contributed by atoms with Gasteiger partial charge in [0.25, 0.3) is 0 Å². The molecule has 2 nitrogen and oxygen atoms in total. The maximum absolute atomic E-state index is 3.52. The lowest BCUT2D eigenvalue weighted by Gasteiger charge is -2.44. The van der Waals surface area contributed by atoms with Crippen molar-refractivity contribution in [1.29, 1.82) is 0 Å². The molecule has 0 aliphatic carbocycles. The molecule has 0 saturated carbocycles. The molecular weight excluding hydrogens is 220 g/mol. The van der Waals surface area contributed by atoms with Crippen LogP contribution < -0.4 is 5.32 Å². The van der Waals surface area contributed by atoms with Gasteiger partial charge in [-0.25, -0.2) is 0 Å². The van der Waals surface area contributed by atoms with Crippen LogP contribution in [0.3, 0.4) is 0 Å². The predicted octanol–water partition coefficient (Wildman–Crippen LogP) is 3.21. The molecule has 1 heterocycles. The van der Waals surface area contributed by atoms with Crippen molar-refractivity contribution < 1.29 is 0 Å². The maximum Gasteiger partial charge on any atom is 0.0325 e. The minimum atomic E-state index is 0.267. The fourth-order valence-electron chi connectivity index (χ4n) is 2.97. The lowest BCUT2D eigenvalue weighted by Crippen LogP contribution is -2.49. The molecule has 18 heavy (non-hydrogen) atoms. The summed E-state index contributed by atoms with van der Waals surface area (Å²) in [6.45, 7) is 10.5. The summed E-state index contributed by atoms with van der Waals surface area (Å²) in [6, 6.07) is 11.4. The van der Waals surface area contributed by atoms with Crippen molar-refractivity contribution in [3.63, 3.8) is 0 Å². The van der Waals surface area contributed by atoms with Crippen molar-refractivity contribution in [3.8, 4) is 0 Å². The molecule has 0 aromatic heterocycles. The zero-order valence-electron chi connectivity index (χ0n) is 11.9. The summed E-state index contributed by atoms with van der Waals surface area (Å²) in [7, 11) is 0. The van der Waals surface area contributed by atoms with Crippen LogP contribution in [0.15, 0.2) is 30.3 Å². The Hall–Kier alpha value is -0.860. The Balaban J connectivity index is 2.17. The van der Waals surface area contributed by atoms with Crippen LogP contribution >= 0.6 is 0 Å². The van der Waals surface area contributed by atoms with Gasteiger partial charge in [0.1, 0.15) is 0 Å². The van der Waals surface area contributed by atoms with Gasteiger partial charge in [0, 0.05) is 18.1 Å². The Morgan fingerprint density at radius 3 is 2.61 bits per heavy atom. The molecule has 100 valence electrons. The summed E-state index contributed by atoms with van der Waals surface area (Å²) < 4.78 is 0. The van der Waals surface area contributed by atoms with Crippen LogP contribution in [0.4, 0.5) is 0 Å². The third-order valence-corrected chi connectivity index (χ3v) is 4.19. The smallest absolute Gasteiger partial charge is 0.0325 e. The van der Waals surface area contributed by atoms with Gasteiger partial charge in [0.05, 0.1) is 0 Å². The third-order valence-electron chi connectivity index (χ3n) is 4.19. The zero-order valence-corrected chi connectivity index (χ0v) is 11.9. The van der Waals surface area contributed by atoms with Gasteiger partial charge >= 0.3 is 0 Å². The molecule has 0 radical (unpaired) electrons. The average Bonchev–Trinajstić information content (AvgIpc) is 2.35. The minimum absolute atomic E-state index is 0.267. The summed E-state index contributed by atoms with van der Waals surface area (Å²) in [6.07, 6.45) is 2.45. The highest BCUT2D eigenvalue weighted by atomic mass is 15.2. The van der Waals surface area contributed by atoms with Gasteiger partial charge in [0.15, 0.2) is 0 Å². The molecule has 1 aromatic carbocycles. The summed E-state index contributed by atoms with van der Waals surface area (Å²) in [5.41, 5.74) is 1.70. The first-order chi connectivity index (χ1) is 8.61. The van der Waals surface area contributed by atoms with Gasteiger partial charge in [0.2, 0.25) is 0 Å².